The molecule has 0 radical (unpaired) electrons. The molecule has 0 saturated carbocycles. The van der Waals surface area contributed by atoms with Gasteiger partial charge in [-0.1, -0.05) is 33.6 Å². The maximum atomic E-state index is 12.4. The summed E-state index contributed by atoms with van der Waals surface area (Å²) in [5, 5.41) is 10.8. The fraction of sp³-hybridized carbons (Fsp3) is 0.0769. The van der Waals surface area contributed by atoms with Crippen molar-refractivity contribution in [2.24, 2.45) is 0 Å². The molecule has 1 N–H and O–H groups in total. The quantitative estimate of drug-likeness (QED) is 0.612. The Kier molecular flexibility index (Phi) is 4.74. The lowest BCUT2D eigenvalue weighted by atomic mass is 10.2. The summed E-state index contributed by atoms with van der Waals surface area (Å²) in [5.74, 6) is 0. The topological polar surface area (TPSA) is 89.3 Å². The van der Waals surface area contributed by atoms with Gasteiger partial charge in [-0.15, -0.1) is 0 Å². The molecule has 0 aliphatic heterocycles. The number of aryl methyl sites for hydroxylation is 1. The van der Waals surface area contributed by atoms with Crippen molar-refractivity contribution in [2.45, 2.75) is 11.8 Å². The number of rotatable bonds is 4. The standard InChI is InChI=1S/C13H10BrClN2O4S/c1-8-2-3-9(14)6-13(8)22(20,21)16-10-4-5-11(15)12(7-10)17(18)19/h2-7,16H,1H3. The van der Waals surface area contributed by atoms with Crippen LogP contribution in [0.3, 0.4) is 0 Å². The maximum Gasteiger partial charge on any atom is 0.289 e. The zero-order valence-corrected chi connectivity index (χ0v) is 14.4. The van der Waals surface area contributed by atoms with Gasteiger partial charge in [-0.05, 0) is 36.8 Å². The van der Waals surface area contributed by atoms with E-state index in [0.717, 1.165) is 6.07 Å². The van der Waals surface area contributed by atoms with E-state index in [1.54, 1.807) is 19.1 Å². The first kappa shape index (κ1) is 16.7. The minimum atomic E-state index is -3.87. The molecule has 0 amide bonds. The van der Waals surface area contributed by atoms with Crippen LogP contribution in [-0.4, -0.2) is 13.3 Å². The zero-order valence-electron chi connectivity index (χ0n) is 11.2. The Morgan fingerprint density at radius 3 is 2.55 bits per heavy atom. The summed E-state index contributed by atoms with van der Waals surface area (Å²) >= 11 is 8.92. The minimum Gasteiger partial charge on any atom is -0.279 e. The van der Waals surface area contributed by atoms with E-state index in [4.69, 9.17) is 11.6 Å². The highest BCUT2D eigenvalue weighted by molar-refractivity contribution is 9.10. The molecule has 9 heteroatoms. The van der Waals surface area contributed by atoms with E-state index in [1.165, 1.54) is 18.2 Å². The van der Waals surface area contributed by atoms with Gasteiger partial charge in [0.15, 0.2) is 0 Å². The lowest BCUT2D eigenvalue weighted by Crippen LogP contribution is -2.14. The lowest BCUT2D eigenvalue weighted by Gasteiger charge is -2.11. The molecular formula is C13H10BrClN2O4S. The summed E-state index contributed by atoms with van der Waals surface area (Å²) < 4.78 is 27.7. The van der Waals surface area contributed by atoms with Gasteiger partial charge in [0, 0.05) is 10.5 Å². The molecular weight excluding hydrogens is 396 g/mol. The molecule has 0 fully saturated rings. The van der Waals surface area contributed by atoms with Crippen LogP contribution in [0.5, 0.6) is 0 Å². The Morgan fingerprint density at radius 2 is 1.91 bits per heavy atom. The summed E-state index contributed by atoms with van der Waals surface area (Å²) in [5.41, 5.74) is 0.252. The molecule has 2 rings (SSSR count). The first-order chi connectivity index (χ1) is 10.2. The van der Waals surface area contributed by atoms with Crippen molar-refractivity contribution in [1.29, 1.82) is 0 Å². The van der Waals surface area contributed by atoms with Crippen molar-refractivity contribution in [1.82, 2.24) is 0 Å². The Morgan fingerprint density at radius 1 is 1.23 bits per heavy atom. The lowest BCUT2D eigenvalue weighted by molar-refractivity contribution is -0.384. The number of hydrogen-bond acceptors (Lipinski definition) is 4. The average molecular weight is 406 g/mol. The van der Waals surface area contributed by atoms with Crippen LogP contribution in [0.2, 0.25) is 5.02 Å². The van der Waals surface area contributed by atoms with Crippen molar-refractivity contribution in [3.8, 4) is 0 Å². The number of benzene rings is 2. The predicted molar refractivity (Wildman–Crippen MR) is 87.8 cm³/mol. The minimum absolute atomic E-state index is 0.0633. The van der Waals surface area contributed by atoms with Gasteiger partial charge in [0.1, 0.15) is 5.02 Å². The number of nitrogens with one attached hydrogen (secondary N) is 1. The van der Waals surface area contributed by atoms with Gasteiger partial charge in [0.25, 0.3) is 15.7 Å². The van der Waals surface area contributed by atoms with E-state index in [-0.39, 0.29) is 21.3 Å². The highest BCUT2D eigenvalue weighted by atomic mass is 79.9. The molecule has 0 saturated heterocycles. The molecule has 0 aliphatic carbocycles. The fourth-order valence-corrected chi connectivity index (χ4v) is 3.81. The number of hydrogen-bond donors (Lipinski definition) is 1. The van der Waals surface area contributed by atoms with E-state index in [9.17, 15) is 18.5 Å². The smallest absolute Gasteiger partial charge is 0.279 e. The van der Waals surface area contributed by atoms with E-state index >= 15 is 0 Å². The molecule has 0 spiro atoms. The van der Waals surface area contributed by atoms with Crippen LogP contribution in [0.25, 0.3) is 0 Å². The average Bonchev–Trinajstić information content (AvgIpc) is 2.43. The van der Waals surface area contributed by atoms with E-state index in [0.29, 0.717) is 10.0 Å². The van der Waals surface area contributed by atoms with E-state index in [2.05, 4.69) is 20.7 Å². The summed E-state index contributed by atoms with van der Waals surface area (Å²) in [6, 6.07) is 8.55. The third-order valence-corrected chi connectivity index (χ3v) is 5.17. The van der Waals surface area contributed by atoms with Crippen molar-refractivity contribution in [3.05, 3.63) is 61.6 Å². The molecule has 0 heterocycles. The van der Waals surface area contributed by atoms with Crippen LogP contribution in [-0.2, 0) is 10.0 Å². The summed E-state index contributed by atoms with van der Waals surface area (Å²) in [6.07, 6.45) is 0. The second-order valence-corrected chi connectivity index (χ2v) is 7.41. The number of sulfonamides is 1. The number of nitrogens with zero attached hydrogens (tertiary/aromatic N) is 1. The van der Waals surface area contributed by atoms with Crippen molar-refractivity contribution >= 4 is 48.9 Å². The molecule has 116 valence electrons. The van der Waals surface area contributed by atoms with Crippen LogP contribution < -0.4 is 4.72 Å². The van der Waals surface area contributed by atoms with Crippen molar-refractivity contribution in [3.63, 3.8) is 0 Å². The first-order valence-corrected chi connectivity index (χ1v) is 8.59. The fourth-order valence-electron chi connectivity index (χ4n) is 1.79. The van der Waals surface area contributed by atoms with Gasteiger partial charge in [-0.2, -0.15) is 0 Å². The molecule has 0 unspecified atom stereocenters. The zero-order chi connectivity index (χ0) is 16.5. The summed E-state index contributed by atoms with van der Waals surface area (Å²) in [7, 11) is -3.87. The third kappa shape index (κ3) is 3.57. The van der Waals surface area contributed by atoms with Gasteiger partial charge < -0.3 is 0 Å². The second-order valence-electron chi connectivity index (χ2n) is 4.44. The second kappa shape index (κ2) is 6.23. The Labute approximate surface area is 140 Å². The Bertz CT molecular complexity index is 855. The van der Waals surface area contributed by atoms with Gasteiger partial charge in [0.05, 0.1) is 15.5 Å². The number of anilines is 1. The van der Waals surface area contributed by atoms with Crippen molar-refractivity contribution in [2.75, 3.05) is 4.72 Å². The molecule has 0 bridgehead atoms. The van der Waals surface area contributed by atoms with E-state index in [1.807, 2.05) is 0 Å². The van der Waals surface area contributed by atoms with Gasteiger partial charge >= 0.3 is 0 Å². The summed E-state index contributed by atoms with van der Waals surface area (Å²) in [4.78, 5) is 10.3. The largest absolute Gasteiger partial charge is 0.289 e. The van der Waals surface area contributed by atoms with Gasteiger partial charge in [-0.25, -0.2) is 8.42 Å². The van der Waals surface area contributed by atoms with Crippen LogP contribution >= 0.6 is 27.5 Å². The van der Waals surface area contributed by atoms with E-state index < -0.39 is 14.9 Å². The number of nitro benzene ring substituents is 1. The maximum absolute atomic E-state index is 12.4. The number of nitro groups is 1. The third-order valence-electron chi connectivity index (χ3n) is 2.83. The Hall–Kier alpha value is -1.64. The van der Waals surface area contributed by atoms with Gasteiger partial charge in [0.2, 0.25) is 0 Å². The molecule has 2 aromatic carbocycles. The first-order valence-electron chi connectivity index (χ1n) is 5.93. The SMILES string of the molecule is Cc1ccc(Br)cc1S(=O)(=O)Nc1ccc(Cl)c([N+](=O)[O-])c1. The molecule has 2 aromatic rings. The molecule has 22 heavy (non-hydrogen) atoms. The number of halogens is 2. The van der Waals surface area contributed by atoms with Crippen LogP contribution in [0.1, 0.15) is 5.56 Å². The summed E-state index contributed by atoms with van der Waals surface area (Å²) in [6.45, 7) is 1.66. The van der Waals surface area contributed by atoms with Crippen LogP contribution in [0.15, 0.2) is 45.8 Å². The Balaban J connectivity index is 2.43. The molecule has 6 nitrogen and oxygen atoms in total. The van der Waals surface area contributed by atoms with Gasteiger partial charge in [-0.3, -0.25) is 14.8 Å². The monoisotopic (exact) mass is 404 g/mol. The highest BCUT2D eigenvalue weighted by Crippen LogP contribution is 2.29. The highest BCUT2D eigenvalue weighted by Gasteiger charge is 2.20. The van der Waals surface area contributed by atoms with Crippen molar-refractivity contribution < 1.29 is 13.3 Å². The molecule has 0 aliphatic rings. The molecule has 0 aromatic heterocycles. The predicted octanol–water partition coefficient (Wildman–Crippen LogP) is 4.12. The molecule has 0 atom stereocenters. The van der Waals surface area contributed by atoms with Crippen LogP contribution in [0, 0.1) is 17.0 Å². The van der Waals surface area contributed by atoms with Crippen LogP contribution in [0.4, 0.5) is 11.4 Å². The normalized spacial score (nSPS) is 11.2.